The molecule has 5 heteroatoms. The second kappa shape index (κ2) is 5.21. The topological polar surface area (TPSA) is 68.5 Å². The van der Waals surface area contributed by atoms with Crippen LogP contribution in [0.25, 0.3) is 0 Å². The molecule has 0 atom stereocenters. The first-order valence-corrected chi connectivity index (χ1v) is 6.46. The summed E-state index contributed by atoms with van der Waals surface area (Å²) in [4.78, 5) is 18.3. The molecule has 0 unspecified atom stereocenters. The van der Waals surface area contributed by atoms with E-state index in [2.05, 4.69) is 4.98 Å². The van der Waals surface area contributed by atoms with Gasteiger partial charge in [-0.3, -0.25) is 4.79 Å². The van der Waals surface area contributed by atoms with Gasteiger partial charge in [0.05, 0.1) is 6.54 Å². The van der Waals surface area contributed by atoms with E-state index >= 15 is 0 Å². The Morgan fingerprint density at radius 2 is 2.05 bits per heavy atom. The molecule has 0 spiro atoms. The fraction of sp³-hybridized carbons (Fsp3) is 0.200. The van der Waals surface area contributed by atoms with Crippen LogP contribution in [0, 0.1) is 0 Å². The summed E-state index contributed by atoms with van der Waals surface area (Å²) in [5.41, 5.74) is 6.99. The van der Waals surface area contributed by atoms with Gasteiger partial charge >= 0.3 is 0 Å². The summed E-state index contributed by atoms with van der Waals surface area (Å²) in [6.07, 6.45) is 0. The number of anilines is 1. The number of nitrogen functional groups attached to an aromatic ring is 1. The second-order valence-corrected chi connectivity index (χ2v) is 4.63. The summed E-state index contributed by atoms with van der Waals surface area (Å²) in [6, 6.07) is 12.8. The number of para-hydroxylation sites is 1. The number of aromatic nitrogens is 1. The fourth-order valence-electron chi connectivity index (χ4n) is 2.23. The molecule has 1 aliphatic heterocycles. The number of pyridine rings is 1. The lowest BCUT2D eigenvalue weighted by Gasteiger charge is -2.19. The van der Waals surface area contributed by atoms with Crippen LogP contribution in [0.1, 0.15) is 16.1 Å². The van der Waals surface area contributed by atoms with E-state index in [1.807, 2.05) is 24.3 Å². The maximum absolute atomic E-state index is 12.5. The number of nitrogens with zero attached hydrogens (tertiary/aromatic N) is 2. The second-order valence-electron chi connectivity index (χ2n) is 4.63. The van der Waals surface area contributed by atoms with E-state index in [9.17, 15) is 4.79 Å². The van der Waals surface area contributed by atoms with Crippen molar-refractivity contribution in [2.45, 2.75) is 6.54 Å². The molecule has 5 nitrogen and oxygen atoms in total. The van der Waals surface area contributed by atoms with E-state index in [-0.39, 0.29) is 5.91 Å². The van der Waals surface area contributed by atoms with Gasteiger partial charge in [-0.1, -0.05) is 24.3 Å². The van der Waals surface area contributed by atoms with Crippen molar-refractivity contribution in [1.82, 2.24) is 9.88 Å². The third-order valence-corrected chi connectivity index (χ3v) is 3.23. The van der Waals surface area contributed by atoms with E-state index in [0.717, 1.165) is 11.3 Å². The van der Waals surface area contributed by atoms with Crippen LogP contribution in [0.15, 0.2) is 42.5 Å². The van der Waals surface area contributed by atoms with Crippen LogP contribution < -0.4 is 10.5 Å². The molecular formula is C15H15N3O2. The molecule has 20 heavy (non-hydrogen) atoms. The lowest BCUT2D eigenvalue weighted by Crippen LogP contribution is -2.33. The quantitative estimate of drug-likeness (QED) is 0.855. The van der Waals surface area contributed by atoms with Gasteiger partial charge < -0.3 is 15.4 Å². The molecule has 1 aliphatic rings. The third-order valence-electron chi connectivity index (χ3n) is 3.23. The van der Waals surface area contributed by atoms with Crippen LogP contribution in [0.5, 0.6) is 5.75 Å². The zero-order valence-corrected chi connectivity index (χ0v) is 11.0. The minimum Gasteiger partial charge on any atom is -0.491 e. The molecule has 2 heterocycles. The van der Waals surface area contributed by atoms with E-state index in [0.29, 0.717) is 31.2 Å². The summed E-state index contributed by atoms with van der Waals surface area (Å²) in [5.74, 6) is 1.06. The molecule has 0 radical (unpaired) electrons. The van der Waals surface area contributed by atoms with E-state index < -0.39 is 0 Å². The Balaban J connectivity index is 1.86. The van der Waals surface area contributed by atoms with Crippen molar-refractivity contribution >= 4 is 11.7 Å². The maximum atomic E-state index is 12.5. The zero-order chi connectivity index (χ0) is 13.9. The van der Waals surface area contributed by atoms with Gasteiger partial charge in [-0.25, -0.2) is 4.98 Å². The number of amides is 1. The molecule has 0 bridgehead atoms. The highest BCUT2D eigenvalue weighted by Gasteiger charge is 2.21. The number of ether oxygens (including phenoxy) is 1. The average Bonchev–Trinajstić information content (AvgIpc) is 2.68. The highest BCUT2D eigenvalue weighted by molar-refractivity contribution is 5.92. The summed E-state index contributed by atoms with van der Waals surface area (Å²) in [7, 11) is 0. The summed E-state index contributed by atoms with van der Waals surface area (Å²) in [5, 5.41) is 0. The normalized spacial score (nSPS) is 14.1. The van der Waals surface area contributed by atoms with Crippen molar-refractivity contribution in [3.05, 3.63) is 53.7 Å². The molecule has 2 N–H and O–H groups in total. The van der Waals surface area contributed by atoms with E-state index in [1.54, 1.807) is 23.1 Å². The highest BCUT2D eigenvalue weighted by Crippen LogP contribution is 2.23. The van der Waals surface area contributed by atoms with Crippen molar-refractivity contribution in [2.24, 2.45) is 0 Å². The van der Waals surface area contributed by atoms with Crippen LogP contribution in [-0.4, -0.2) is 28.9 Å². The number of rotatable bonds is 1. The minimum atomic E-state index is -0.127. The van der Waals surface area contributed by atoms with Crippen molar-refractivity contribution < 1.29 is 9.53 Å². The molecule has 1 aromatic carbocycles. The SMILES string of the molecule is Nc1cccc(C(=O)N2CCOc3ccccc3C2)n1. The number of carbonyl (C=O) groups is 1. The molecule has 0 fully saturated rings. The monoisotopic (exact) mass is 269 g/mol. The van der Waals surface area contributed by atoms with Crippen LogP contribution >= 0.6 is 0 Å². The minimum absolute atomic E-state index is 0.127. The van der Waals surface area contributed by atoms with Gasteiger partial charge in [0, 0.05) is 12.1 Å². The summed E-state index contributed by atoms with van der Waals surface area (Å²) >= 11 is 0. The number of nitrogens with two attached hydrogens (primary N) is 1. The lowest BCUT2D eigenvalue weighted by molar-refractivity contribution is 0.0727. The summed E-state index contributed by atoms with van der Waals surface area (Å²) < 4.78 is 5.65. The Bertz CT molecular complexity index is 643. The van der Waals surface area contributed by atoms with Crippen LogP contribution in [0.3, 0.4) is 0 Å². The molecular weight excluding hydrogens is 254 g/mol. The number of benzene rings is 1. The molecule has 2 aromatic rings. The van der Waals surface area contributed by atoms with Gasteiger partial charge in [-0.2, -0.15) is 0 Å². The molecule has 1 aromatic heterocycles. The number of hydrogen-bond acceptors (Lipinski definition) is 4. The first-order chi connectivity index (χ1) is 9.74. The molecule has 3 rings (SSSR count). The van der Waals surface area contributed by atoms with Gasteiger partial charge in [-0.15, -0.1) is 0 Å². The molecule has 102 valence electrons. The maximum Gasteiger partial charge on any atom is 0.272 e. The molecule has 0 saturated carbocycles. The first-order valence-electron chi connectivity index (χ1n) is 6.46. The number of fused-ring (bicyclic) bond motifs is 1. The van der Waals surface area contributed by atoms with Crippen LogP contribution in [0.2, 0.25) is 0 Å². The third kappa shape index (κ3) is 2.42. The predicted octanol–water partition coefficient (Wildman–Crippen LogP) is 1.70. The van der Waals surface area contributed by atoms with Crippen molar-refractivity contribution in [3.8, 4) is 5.75 Å². The van der Waals surface area contributed by atoms with E-state index in [4.69, 9.17) is 10.5 Å². The summed E-state index contributed by atoms with van der Waals surface area (Å²) in [6.45, 7) is 1.53. The first kappa shape index (κ1) is 12.5. The zero-order valence-electron chi connectivity index (χ0n) is 11.0. The van der Waals surface area contributed by atoms with Gasteiger partial charge in [0.25, 0.3) is 5.91 Å². The molecule has 0 saturated heterocycles. The van der Waals surface area contributed by atoms with Crippen LogP contribution in [0.4, 0.5) is 5.82 Å². The Morgan fingerprint density at radius 1 is 1.20 bits per heavy atom. The van der Waals surface area contributed by atoms with Crippen molar-refractivity contribution in [1.29, 1.82) is 0 Å². The Labute approximate surface area is 117 Å². The Kier molecular flexibility index (Phi) is 3.25. The molecule has 1 amide bonds. The van der Waals surface area contributed by atoms with Gasteiger partial charge in [0.2, 0.25) is 0 Å². The number of hydrogen-bond donors (Lipinski definition) is 1. The van der Waals surface area contributed by atoms with Gasteiger partial charge in [-0.05, 0) is 18.2 Å². The van der Waals surface area contributed by atoms with Crippen LogP contribution in [-0.2, 0) is 6.54 Å². The largest absolute Gasteiger partial charge is 0.491 e. The fourth-order valence-corrected chi connectivity index (χ4v) is 2.23. The standard InChI is InChI=1S/C15H15N3O2/c16-14-7-3-5-12(17-14)15(19)18-8-9-20-13-6-2-1-4-11(13)10-18/h1-7H,8-10H2,(H2,16,17). The number of carbonyl (C=O) groups excluding carboxylic acids is 1. The van der Waals surface area contributed by atoms with E-state index in [1.165, 1.54) is 0 Å². The predicted molar refractivity (Wildman–Crippen MR) is 75.3 cm³/mol. The average molecular weight is 269 g/mol. The highest BCUT2D eigenvalue weighted by atomic mass is 16.5. The van der Waals surface area contributed by atoms with Gasteiger partial charge in [0.15, 0.2) is 0 Å². The van der Waals surface area contributed by atoms with Crippen molar-refractivity contribution in [2.75, 3.05) is 18.9 Å². The Hall–Kier alpha value is -2.56. The smallest absolute Gasteiger partial charge is 0.272 e. The van der Waals surface area contributed by atoms with Gasteiger partial charge in [0.1, 0.15) is 23.9 Å². The van der Waals surface area contributed by atoms with Crippen molar-refractivity contribution in [3.63, 3.8) is 0 Å². The Morgan fingerprint density at radius 3 is 2.90 bits per heavy atom. The molecule has 0 aliphatic carbocycles. The lowest BCUT2D eigenvalue weighted by atomic mass is 10.2.